The number of hydrogen-bond acceptors (Lipinski definition) is 3. The van der Waals surface area contributed by atoms with Crippen molar-refractivity contribution in [1.82, 2.24) is 15.5 Å². The van der Waals surface area contributed by atoms with Crippen molar-refractivity contribution in [3.05, 3.63) is 35.4 Å². The van der Waals surface area contributed by atoms with Gasteiger partial charge in [0, 0.05) is 30.4 Å². The predicted octanol–water partition coefficient (Wildman–Crippen LogP) is 3.49. The molecule has 4 nitrogen and oxygen atoms in total. The number of aliphatic imine (C=N–C) groups is 1. The van der Waals surface area contributed by atoms with Gasteiger partial charge in [0.25, 0.3) is 0 Å². The minimum absolute atomic E-state index is 0. The molecule has 0 fully saturated rings. The van der Waals surface area contributed by atoms with Crippen molar-refractivity contribution in [2.24, 2.45) is 4.99 Å². The molecule has 0 aromatic heterocycles. The summed E-state index contributed by atoms with van der Waals surface area (Å²) in [5.41, 5.74) is 0.0647. The van der Waals surface area contributed by atoms with Crippen molar-refractivity contribution >= 4 is 41.7 Å². The van der Waals surface area contributed by atoms with Gasteiger partial charge in [0.2, 0.25) is 0 Å². The lowest BCUT2D eigenvalue weighted by molar-refractivity contribution is 0.282. The van der Waals surface area contributed by atoms with Gasteiger partial charge >= 0.3 is 0 Å². The second-order valence-corrected chi connectivity index (χ2v) is 7.90. The van der Waals surface area contributed by atoms with E-state index in [0.29, 0.717) is 12.5 Å². The molecule has 0 bridgehead atoms. The van der Waals surface area contributed by atoms with Crippen LogP contribution >= 0.6 is 35.7 Å². The van der Waals surface area contributed by atoms with Crippen LogP contribution in [-0.4, -0.2) is 56.1 Å². The smallest absolute Gasteiger partial charge is 0.191 e. The Labute approximate surface area is 171 Å². The predicted molar refractivity (Wildman–Crippen MR) is 115 cm³/mol. The van der Waals surface area contributed by atoms with Gasteiger partial charge in [-0.3, -0.25) is 4.99 Å². The van der Waals surface area contributed by atoms with E-state index in [1.54, 1.807) is 37.8 Å². The lowest BCUT2D eigenvalue weighted by Crippen LogP contribution is -2.45. The fraction of sp³-hybridized carbons (Fsp3) is 0.588. The molecule has 0 aliphatic rings. The number of likely N-dealkylation sites (N-methyl/N-ethyl adjacent to an activating group) is 1. The highest BCUT2D eigenvalue weighted by Gasteiger charge is 2.23. The van der Waals surface area contributed by atoms with E-state index in [-0.39, 0.29) is 34.3 Å². The van der Waals surface area contributed by atoms with Crippen LogP contribution in [0.2, 0.25) is 0 Å². The van der Waals surface area contributed by atoms with Crippen LogP contribution in [0.3, 0.4) is 0 Å². The first kappa shape index (κ1) is 24.4. The highest BCUT2D eigenvalue weighted by atomic mass is 127. The molecule has 144 valence electrons. The summed E-state index contributed by atoms with van der Waals surface area (Å²) in [6.07, 6.45) is 2.06. The summed E-state index contributed by atoms with van der Waals surface area (Å²) in [7, 11) is 5.27. The van der Waals surface area contributed by atoms with Gasteiger partial charge in [0.05, 0.1) is 6.04 Å². The average molecular weight is 486 g/mol. The largest absolute Gasteiger partial charge is 0.355 e. The van der Waals surface area contributed by atoms with E-state index in [9.17, 15) is 8.78 Å². The van der Waals surface area contributed by atoms with E-state index >= 15 is 0 Å². The maximum absolute atomic E-state index is 14.1. The van der Waals surface area contributed by atoms with Gasteiger partial charge in [0.1, 0.15) is 11.6 Å². The number of nitrogens with zero attached hydrogens (tertiary/aromatic N) is 2. The summed E-state index contributed by atoms with van der Waals surface area (Å²) in [4.78, 5) is 5.96. The van der Waals surface area contributed by atoms with Crippen molar-refractivity contribution in [2.45, 2.75) is 24.6 Å². The van der Waals surface area contributed by atoms with Crippen LogP contribution in [0.5, 0.6) is 0 Å². The van der Waals surface area contributed by atoms with Crippen LogP contribution in [0, 0.1) is 11.6 Å². The molecule has 0 heterocycles. The maximum Gasteiger partial charge on any atom is 0.191 e. The first-order valence-electron chi connectivity index (χ1n) is 7.82. The van der Waals surface area contributed by atoms with E-state index in [1.807, 2.05) is 0 Å². The number of hydrogen-bond donors (Lipinski definition) is 2. The zero-order chi connectivity index (χ0) is 18.3. The van der Waals surface area contributed by atoms with Crippen molar-refractivity contribution in [1.29, 1.82) is 0 Å². The topological polar surface area (TPSA) is 39.7 Å². The minimum Gasteiger partial charge on any atom is -0.355 e. The van der Waals surface area contributed by atoms with Gasteiger partial charge in [-0.1, -0.05) is 6.07 Å². The molecule has 1 aromatic rings. The Balaban J connectivity index is 0.00000576. The molecule has 0 radical (unpaired) electrons. The zero-order valence-corrected chi connectivity index (χ0v) is 18.8. The van der Waals surface area contributed by atoms with Gasteiger partial charge < -0.3 is 15.5 Å². The van der Waals surface area contributed by atoms with E-state index in [2.05, 4.69) is 35.7 Å². The second-order valence-electron chi connectivity index (χ2n) is 6.39. The minimum atomic E-state index is -0.540. The Morgan fingerprint density at radius 1 is 1.24 bits per heavy atom. The second kappa shape index (κ2) is 11.2. The van der Waals surface area contributed by atoms with Crippen LogP contribution in [0.15, 0.2) is 23.2 Å². The number of nitrogens with one attached hydrogen (secondary N) is 2. The highest BCUT2D eigenvalue weighted by Crippen LogP contribution is 2.24. The first-order chi connectivity index (χ1) is 11.2. The van der Waals surface area contributed by atoms with Gasteiger partial charge in [-0.25, -0.2) is 8.78 Å². The number of rotatable bonds is 7. The van der Waals surface area contributed by atoms with Crippen molar-refractivity contribution in [3.63, 3.8) is 0 Å². The SMILES string of the molecule is CN=C(NCC(c1c(F)cccc1F)N(C)C)NCC(C)(C)SC.I. The third kappa shape index (κ3) is 7.65. The van der Waals surface area contributed by atoms with Gasteiger partial charge in [-0.2, -0.15) is 11.8 Å². The molecule has 0 saturated heterocycles. The zero-order valence-electron chi connectivity index (χ0n) is 15.7. The monoisotopic (exact) mass is 486 g/mol. The van der Waals surface area contributed by atoms with Gasteiger partial charge in [-0.15, -0.1) is 24.0 Å². The molecule has 0 aliphatic heterocycles. The molecule has 1 unspecified atom stereocenters. The summed E-state index contributed by atoms with van der Waals surface area (Å²) < 4.78 is 28.2. The number of benzene rings is 1. The maximum atomic E-state index is 14.1. The standard InChI is InChI=1S/C17H28F2N4S.HI/c1-17(2,24-6)11-22-16(20-3)21-10-14(23(4)5)15-12(18)8-7-9-13(15)19;/h7-9,14H,10-11H2,1-6H3,(H2,20,21,22);1H. The van der Waals surface area contributed by atoms with E-state index in [0.717, 1.165) is 6.54 Å². The van der Waals surface area contributed by atoms with Crippen LogP contribution in [0.4, 0.5) is 8.78 Å². The fourth-order valence-corrected chi connectivity index (χ4v) is 2.37. The molecule has 8 heteroatoms. The quantitative estimate of drug-likeness (QED) is 0.352. The highest BCUT2D eigenvalue weighted by molar-refractivity contribution is 14.0. The summed E-state index contributed by atoms with van der Waals surface area (Å²) in [5, 5.41) is 6.40. The third-order valence-electron chi connectivity index (χ3n) is 3.88. The molecule has 1 aromatic carbocycles. The Bertz CT molecular complexity index is 547. The van der Waals surface area contributed by atoms with Gasteiger partial charge in [-0.05, 0) is 46.3 Å². The summed E-state index contributed by atoms with van der Waals surface area (Å²) in [6, 6.07) is 3.49. The summed E-state index contributed by atoms with van der Waals surface area (Å²) >= 11 is 1.76. The number of halogens is 3. The summed E-state index contributed by atoms with van der Waals surface area (Å²) in [6.45, 7) is 5.34. The molecule has 0 spiro atoms. The summed E-state index contributed by atoms with van der Waals surface area (Å²) in [5.74, 6) is -0.468. The normalized spacial score (nSPS) is 13.4. The van der Waals surface area contributed by atoms with Crippen LogP contribution < -0.4 is 10.6 Å². The Hall–Kier alpha value is -0.610. The lowest BCUT2D eigenvalue weighted by Gasteiger charge is -2.28. The fourth-order valence-electron chi connectivity index (χ4n) is 2.15. The van der Waals surface area contributed by atoms with E-state index in [4.69, 9.17) is 0 Å². The van der Waals surface area contributed by atoms with Crippen LogP contribution in [0.1, 0.15) is 25.5 Å². The molecular weight excluding hydrogens is 457 g/mol. The van der Waals surface area contributed by atoms with Crippen LogP contribution in [0.25, 0.3) is 0 Å². The Morgan fingerprint density at radius 2 is 1.80 bits per heavy atom. The molecule has 1 atom stereocenters. The molecule has 1 rings (SSSR count). The average Bonchev–Trinajstić information content (AvgIpc) is 2.52. The van der Waals surface area contributed by atoms with Crippen LogP contribution in [-0.2, 0) is 0 Å². The molecule has 2 N–H and O–H groups in total. The first-order valence-corrected chi connectivity index (χ1v) is 9.04. The van der Waals surface area contributed by atoms with E-state index < -0.39 is 17.7 Å². The van der Waals surface area contributed by atoms with Gasteiger partial charge in [0.15, 0.2) is 5.96 Å². The Kier molecular flexibility index (Phi) is 10.9. The number of thioether (sulfide) groups is 1. The number of guanidine groups is 1. The van der Waals surface area contributed by atoms with E-state index in [1.165, 1.54) is 18.2 Å². The Morgan fingerprint density at radius 3 is 2.24 bits per heavy atom. The molecule has 0 amide bonds. The molecule has 25 heavy (non-hydrogen) atoms. The van der Waals surface area contributed by atoms with Crippen molar-refractivity contribution in [3.8, 4) is 0 Å². The lowest BCUT2D eigenvalue weighted by atomic mass is 10.0. The molecular formula is C17H29F2IN4S. The molecule has 0 saturated carbocycles. The third-order valence-corrected chi connectivity index (χ3v) is 5.13. The van der Waals surface area contributed by atoms with Crippen molar-refractivity contribution < 1.29 is 8.78 Å². The van der Waals surface area contributed by atoms with Crippen molar-refractivity contribution in [2.75, 3.05) is 40.5 Å². The molecule has 0 aliphatic carbocycles.